The molecule has 0 spiro atoms. The van der Waals surface area contributed by atoms with Crippen LogP contribution in [-0.2, 0) is 0 Å². The van der Waals surface area contributed by atoms with Gasteiger partial charge in [-0.15, -0.1) is 0 Å². The minimum Gasteiger partial charge on any atom is -0.491 e. The fourth-order valence-corrected chi connectivity index (χ4v) is 2.23. The normalized spacial score (nSPS) is 10.2. The molecule has 0 bridgehead atoms. The molecule has 23 heavy (non-hydrogen) atoms. The van der Waals surface area contributed by atoms with E-state index in [-0.39, 0.29) is 0 Å². The third kappa shape index (κ3) is 3.74. The summed E-state index contributed by atoms with van der Waals surface area (Å²) in [7, 11) is 0. The Kier molecular flexibility index (Phi) is 4.65. The fraction of sp³-hybridized carbons (Fsp3) is 0.167. The van der Waals surface area contributed by atoms with Gasteiger partial charge in [0.2, 0.25) is 0 Å². The zero-order valence-electron chi connectivity index (χ0n) is 12.6. The number of rotatable bonds is 6. The SMILES string of the molecule is N#Cc1ccc(NCCCOc2cccc3cccnc23)nc1. The first-order valence-corrected chi connectivity index (χ1v) is 7.43. The molecular formula is C18H16N4O. The smallest absolute Gasteiger partial charge is 0.145 e. The first-order valence-electron chi connectivity index (χ1n) is 7.43. The summed E-state index contributed by atoms with van der Waals surface area (Å²) in [6.45, 7) is 1.34. The van der Waals surface area contributed by atoms with Gasteiger partial charge in [-0.3, -0.25) is 4.98 Å². The zero-order valence-corrected chi connectivity index (χ0v) is 12.6. The van der Waals surface area contributed by atoms with Crippen LogP contribution in [0.25, 0.3) is 10.9 Å². The van der Waals surface area contributed by atoms with Crippen molar-refractivity contribution < 1.29 is 4.74 Å². The third-order valence-electron chi connectivity index (χ3n) is 3.37. The summed E-state index contributed by atoms with van der Waals surface area (Å²) in [6.07, 6.45) is 4.17. The van der Waals surface area contributed by atoms with E-state index in [1.165, 1.54) is 0 Å². The van der Waals surface area contributed by atoms with Crippen LogP contribution in [0.2, 0.25) is 0 Å². The maximum absolute atomic E-state index is 8.73. The number of para-hydroxylation sites is 1. The lowest BCUT2D eigenvalue weighted by atomic mass is 10.2. The van der Waals surface area contributed by atoms with Crippen molar-refractivity contribution in [1.29, 1.82) is 5.26 Å². The predicted molar refractivity (Wildman–Crippen MR) is 89.3 cm³/mol. The van der Waals surface area contributed by atoms with E-state index < -0.39 is 0 Å². The van der Waals surface area contributed by atoms with Crippen LogP contribution in [0.15, 0.2) is 54.9 Å². The molecule has 0 aliphatic carbocycles. The van der Waals surface area contributed by atoms with E-state index in [1.54, 1.807) is 24.5 Å². The molecule has 2 aromatic heterocycles. The molecule has 5 nitrogen and oxygen atoms in total. The quantitative estimate of drug-likeness (QED) is 0.707. The second kappa shape index (κ2) is 7.23. The number of ether oxygens (including phenoxy) is 1. The van der Waals surface area contributed by atoms with Crippen molar-refractivity contribution in [2.24, 2.45) is 0 Å². The van der Waals surface area contributed by atoms with Crippen molar-refractivity contribution in [3.63, 3.8) is 0 Å². The van der Waals surface area contributed by atoms with Gasteiger partial charge in [0.05, 0.1) is 12.2 Å². The lowest BCUT2D eigenvalue weighted by molar-refractivity contribution is 0.318. The van der Waals surface area contributed by atoms with Gasteiger partial charge in [-0.2, -0.15) is 5.26 Å². The molecule has 114 valence electrons. The van der Waals surface area contributed by atoms with Gasteiger partial charge < -0.3 is 10.1 Å². The molecular weight excluding hydrogens is 288 g/mol. The Bertz CT molecular complexity index is 819. The Morgan fingerprint density at radius 2 is 2.00 bits per heavy atom. The first-order chi connectivity index (χ1) is 11.4. The summed E-state index contributed by atoms with van der Waals surface area (Å²) in [5, 5.41) is 13.0. The lowest BCUT2D eigenvalue weighted by Crippen LogP contribution is -2.08. The van der Waals surface area contributed by atoms with Gasteiger partial charge in [0.15, 0.2) is 0 Å². The van der Waals surface area contributed by atoms with Crippen LogP contribution in [0.1, 0.15) is 12.0 Å². The topological polar surface area (TPSA) is 70.8 Å². The number of aromatic nitrogens is 2. The average molecular weight is 304 g/mol. The number of nitrogens with one attached hydrogen (secondary N) is 1. The van der Waals surface area contributed by atoms with E-state index >= 15 is 0 Å². The van der Waals surface area contributed by atoms with Crippen molar-refractivity contribution in [3.8, 4) is 11.8 Å². The Morgan fingerprint density at radius 3 is 2.83 bits per heavy atom. The number of nitriles is 1. The second-order valence-electron chi connectivity index (χ2n) is 5.00. The van der Waals surface area contributed by atoms with Crippen LogP contribution in [0, 0.1) is 11.3 Å². The van der Waals surface area contributed by atoms with Gasteiger partial charge in [-0.25, -0.2) is 4.98 Å². The maximum Gasteiger partial charge on any atom is 0.145 e. The molecule has 1 aromatic carbocycles. The van der Waals surface area contributed by atoms with Crippen molar-refractivity contribution in [1.82, 2.24) is 9.97 Å². The summed E-state index contributed by atoms with van der Waals surface area (Å²) in [5.74, 6) is 1.57. The predicted octanol–water partition coefficient (Wildman–Crippen LogP) is 3.38. The zero-order chi connectivity index (χ0) is 15.9. The third-order valence-corrected chi connectivity index (χ3v) is 3.37. The van der Waals surface area contributed by atoms with Crippen molar-refractivity contribution in [2.45, 2.75) is 6.42 Å². The standard InChI is InChI=1S/C18H16N4O/c19-12-14-7-8-17(22-13-14)20-10-3-11-23-16-6-1-4-15-5-2-9-21-18(15)16/h1-2,4-9,13H,3,10-11H2,(H,20,22). The molecule has 3 rings (SSSR count). The highest BCUT2D eigenvalue weighted by Crippen LogP contribution is 2.22. The van der Waals surface area contributed by atoms with Gasteiger partial charge in [-0.05, 0) is 30.7 Å². The Labute approximate surface area is 134 Å². The first kappa shape index (κ1) is 14.8. The van der Waals surface area contributed by atoms with Crippen LogP contribution in [-0.4, -0.2) is 23.1 Å². The van der Waals surface area contributed by atoms with E-state index in [1.807, 2.05) is 36.4 Å². The number of fused-ring (bicyclic) bond motifs is 1. The van der Waals surface area contributed by atoms with E-state index in [0.29, 0.717) is 12.2 Å². The minimum absolute atomic E-state index is 0.558. The van der Waals surface area contributed by atoms with Crippen LogP contribution < -0.4 is 10.1 Å². The molecule has 0 aliphatic heterocycles. The molecule has 2 heterocycles. The van der Waals surface area contributed by atoms with Crippen molar-refractivity contribution in [3.05, 3.63) is 60.4 Å². The maximum atomic E-state index is 8.73. The largest absolute Gasteiger partial charge is 0.491 e. The highest BCUT2D eigenvalue weighted by molar-refractivity contribution is 5.84. The van der Waals surface area contributed by atoms with Crippen LogP contribution in [0.5, 0.6) is 5.75 Å². The number of anilines is 1. The van der Waals surface area contributed by atoms with E-state index in [0.717, 1.165) is 35.4 Å². The summed E-state index contributed by atoms with van der Waals surface area (Å²) in [4.78, 5) is 8.53. The van der Waals surface area contributed by atoms with Gasteiger partial charge in [-0.1, -0.05) is 18.2 Å². The Morgan fingerprint density at radius 1 is 1.09 bits per heavy atom. The summed E-state index contributed by atoms with van der Waals surface area (Å²) < 4.78 is 5.83. The van der Waals surface area contributed by atoms with Crippen LogP contribution in [0.4, 0.5) is 5.82 Å². The Balaban J connectivity index is 1.48. The molecule has 0 unspecified atom stereocenters. The molecule has 5 heteroatoms. The highest BCUT2D eigenvalue weighted by Gasteiger charge is 2.02. The van der Waals surface area contributed by atoms with Crippen LogP contribution >= 0.6 is 0 Å². The number of hydrogen-bond donors (Lipinski definition) is 1. The minimum atomic E-state index is 0.558. The molecule has 3 aromatic rings. The van der Waals surface area contributed by atoms with Gasteiger partial charge in [0.25, 0.3) is 0 Å². The van der Waals surface area contributed by atoms with Gasteiger partial charge >= 0.3 is 0 Å². The van der Waals surface area contributed by atoms with E-state index in [4.69, 9.17) is 10.00 Å². The Hall–Kier alpha value is -3.13. The molecule has 0 saturated carbocycles. The molecule has 0 atom stereocenters. The van der Waals surface area contributed by atoms with Gasteiger partial charge in [0.1, 0.15) is 23.2 Å². The summed E-state index contributed by atoms with van der Waals surface area (Å²) in [6, 6.07) is 15.5. The monoisotopic (exact) mass is 304 g/mol. The van der Waals surface area contributed by atoms with Gasteiger partial charge in [0, 0.05) is 24.3 Å². The molecule has 0 aliphatic rings. The van der Waals surface area contributed by atoms with Crippen molar-refractivity contribution in [2.75, 3.05) is 18.5 Å². The van der Waals surface area contributed by atoms with E-state index in [2.05, 4.69) is 15.3 Å². The molecule has 0 fully saturated rings. The van der Waals surface area contributed by atoms with Crippen LogP contribution in [0.3, 0.4) is 0 Å². The lowest BCUT2D eigenvalue weighted by Gasteiger charge is -2.09. The molecule has 0 saturated heterocycles. The number of nitrogens with zero attached hydrogens (tertiary/aromatic N) is 3. The average Bonchev–Trinajstić information content (AvgIpc) is 2.62. The molecule has 1 N–H and O–H groups in total. The molecule has 0 amide bonds. The van der Waals surface area contributed by atoms with E-state index in [9.17, 15) is 0 Å². The summed E-state index contributed by atoms with van der Waals surface area (Å²) in [5.41, 5.74) is 1.44. The molecule has 0 radical (unpaired) electrons. The second-order valence-corrected chi connectivity index (χ2v) is 5.00. The number of hydrogen-bond acceptors (Lipinski definition) is 5. The number of benzene rings is 1. The summed E-state index contributed by atoms with van der Waals surface area (Å²) >= 11 is 0. The number of pyridine rings is 2. The fourth-order valence-electron chi connectivity index (χ4n) is 2.23. The van der Waals surface area contributed by atoms with Crippen molar-refractivity contribution >= 4 is 16.7 Å². The highest BCUT2D eigenvalue weighted by atomic mass is 16.5.